The molecule has 0 fully saturated rings. The lowest BCUT2D eigenvalue weighted by atomic mass is 10.2. The molecule has 5 nitrogen and oxygen atoms in total. The van der Waals surface area contributed by atoms with Crippen molar-refractivity contribution in [1.82, 2.24) is 9.78 Å². The third kappa shape index (κ3) is 3.11. The lowest BCUT2D eigenvalue weighted by Crippen LogP contribution is -2.03. The third-order valence-electron chi connectivity index (χ3n) is 3.01. The van der Waals surface area contributed by atoms with Gasteiger partial charge >= 0.3 is 5.97 Å². The number of aromatic carboxylic acids is 1. The van der Waals surface area contributed by atoms with Gasteiger partial charge in [0, 0.05) is 25.4 Å². The topological polar surface area (TPSA) is 67.2 Å². The Labute approximate surface area is 122 Å². The summed E-state index contributed by atoms with van der Waals surface area (Å²) in [7, 11) is 1.89. The molecule has 2 N–H and O–H groups in total. The van der Waals surface area contributed by atoms with Gasteiger partial charge in [0.25, 0.3) is 0 Å². The second kappa shape index (κ2) is 5.96. The first-order valence-corrected chi connectivity index (χ1v) is 6.67. The predicted octanol–water partition coefficient (Wildman–Crippen LogP) is 2.95. The number of nitrogens with zero attached hydrogens (tertiary/aromatic N) is 2. The number of hydrogen-bond donors (Lipinski definition) is 2. The van der Waals surface area contributed by atoms with E-state index >= 15 is 0 Å². The summed E-state index contributed by atoms with van der Waals surface area (Å²) in [5.41, 5.74) is 3.03. The number of anilines is 1. The minimum atomic E-state index is -0.987. The second-order valence-electron chi connectivity index (χ2n) is 4.48. The van der Waals surface area contributed by atoms with Crippen LogP contribution in [0.15, 0.2) is 24.4 Å². The summed E-state index contributed by atoms with van der Waals surface area (Å²) in [6, 6.07) is 4.64. The fourth-order valence-corrected chi connectivity index (χ4v) is 2.26. The SMILES string of the molecule is CCc1nn(C)cc1CNc1ccc(C(=O)O)cc1Cl. The summed E-state index contributed by atoms with van der Waals surface area (Å²) in [6.07, 6.45) is 2.83. The van der Waals surface area contributed by atoms with Crippen LogP contribution in [0.1, 0.15) is 28.5 Å². The maximum Gasteiger partial charge on any atom is 0.335 e. The lowest BCUT2D eigenvalue weighted by molar-refractivity contribution is 0.0697. The van der Waals surface area contributed by atoms with E-state index in [-0.39, 0.29) is 5.56 Å². The first-order chi connectivity index (χ1) is 9.51. The molecule has 0 unspecified atom stereocenters. The van der Waals surface area contributed by atoms with Crippen LogP contribution in [0.2, 0.25) is 5.02 Å². The van der Waals surface area contributed by atoms with Gasteiger partial charge in [0.2, 0.25) is 0 Å². The van der Waals surface area contributed by atoms with Crippen molar-refractivity contribution in [3.8, 4) is 0 Å². The van der Waals surface area contributed by atoms with Crippen LogP contribution in [0, 0.1) is 0 Å². The van der Waals surface area contributed by atoms with Gasteiger partial charge in [-0.05, 0) is 24.6 Å². The molecule has 106 valence electrons. The van der Waals surface area contributed by atoms with Crippen molar-refractivity contribution in [2.45, 2.75) is 19.9 Å². The van der Waals surface area contributed by atoms with E-state index in [1.807, 2.05) is 13.2 Å². The molecule has 1 heterocycles. The van der Waals surface area contributed by atoms with Crippen LogP contribution in [0.3, 0.4) is 0 Å². The molecule has 0 bridgehead atoms. The van der Waals surface area contributed by atoms with Gasteiger partial charge in [-0.2, -0.15) is 5.10 Å². The number of benzene rings is 1. The largest absolute Gasteiger partial charge is 0.478 e. The van der Waals surface area contributed by atoms with E-state index in [0.717, 1.165) is 17.7 Å². The Hall–Kier alpha value is -2.01. The summed E-state index contributed by atoms with van der Waals surface area (Å²) in [5, 5.41) is 16.9. The van der Waals surface area contributed by atoms with Gasteiger partial charge in [0.15, 0.2) is 0 Å². The Balaban J connectivity index is 2.12. The molecule has 0 aliphatic heterocycles. The van der Waals surface area contributed by atoms with Crippen molar-refractivity contribution in [2.75, 3.05) is 5.32 Å². The van der Waals surface area contributed by atoms with Crippen LogP contribution >= 0.6 is 11.6 Å². The summed E-state index contributed by atoms with van der Waals surface area (Å²) in [5.74, 6) is -0.987. The van der Waals surface area contributed by atoms with Gasteiger partial charge in [-0.1, -0.05) is 18.5 Å². The quantitative estimate of drug-likeness (QED) is 0.889. The molecule has 6 heteroatoms. The molecule has 0 aliphatic carbocycles. The van der Waals surface area contributed by atoms with Crippen molar-refractivity contribution in [3.05, 3.63) is 46.2 Å². The van der Waals surface area contributed by atoms with Gasteiger partial charge in [-0.15, -0.1) is 0 Å². The number of carboxylic acid groups (broad SMARTS) is 1. The van der Waals surface area contributed by atoms with Gasteiger partial charge in [-0.3, -0.25) is 4.68 Å². The molecule has 0 amide bonds. The van der Waals surface area contributed by atoms with E-state index in [1.54, 1.807) is 10.7 Å². The average molecular weight is 294 g/mol. The fraction of sp³-hybridized carbons (Fsp3) is 0.286. The Morgan fingerprint density at radius 2 is 2.25 bits per heavy atom. The van der Waals surface area contributed by atoms with E-state index in [9.17, 15) is 4.79 Å². The zero-order chi connectivity index (χ0) is 14.7. The number of rotatable bonds is 5. The average Bonchev–Trinajstić information content (AvgIpc) is 2.77. The highest BCUT2D eigenvalue weighted by molar-refractivity contribution is 6.33. The zero-order valence-corrected chi connectivity index (χ0v) is 12.1. The normalized spacial score (nSPS) is 10.6. The van der Waals surface area contributed by atoms with E-state index in [1.165, 1.54) is 12.1 Å². The summed E-state index contributed by atoms with van der Waals surface area (Å²) < 4.78 is 1.78. The highest BCUT2D eigenvalue weighted by Gasteiger charge is 2.09. The summed E-state index contributed by atoms with van der Waals surface area (Å²) in [4.78, 5) is 10.8. The van der Waals surface area contributed by atoms with Crippen molar-refractivity contribution in [3.63, 3.8) is 0 Å². The molecule has 0 saturated heterocycles. The van der Waals surface area contributed by atoms with Gasteiger partial charge in [0.1, 0.15) is 0 Å². The van der Waals surface area contributed by atoms with Crippen LogP contribution in [0.5, 0.6) is 0 Å². The molecule has 0 spiro atoms. The molecule has 2 rings (SSSR count). The van der Waals surface area contributed by atoms with E-state index in [4.69, 9.17) is 16.7 Å². The van der Waals surface area contributed by atoms with E-state index in [0.29, 0.717) is 17.3 Å². The predicted molar refractivity (Wildman–Crippen MR) is 78.3 cm³/mol. The van der Waals surface area contributed by atoms with Crippen LogP contribution in [-0.2, 0) is 20.0 Å². The van der Waals surface area contributed by atoms with Crippen molar-refractivity contribution >= 4 is 23.3 Å². The van der Waals surface area contributed by atoms with Gasteiger partial charge in [0.05, 0.1) is 22.0 Å². The van der Waals surface area contributed by atoms with Crippen LogP contribution in [0.25, 0.3) is 0 Å². The Morgan fingerprint density at radius 3 is 2.85 bits per heavy atom. The molecule has 1 aromatic heterocycles. The Bertz CT molecular complexity index is 637. The summed E-state index contributed by atoms with van der Waals surface area (Å²) in [6.45, 7) is 2.66. The van der Waals surface area contributed by atoms with Crippen molar-refractivity contribution in [1.29, 1.82) is 0 Å². The second-order valence-corrected chi connectivity index (χ2v) is 4.89. The molecule has 20 heavy (non-hydrogen) atoms. The van der Waals surface area contributed by atoms with Gasteiger partial charge < -0.3 is 10.4 Å². The smallest absolute Gasteiger partial charge is 0.335 e. The number of nitrogens with one attached hydrogen (secondary N) is 1. The summed E-state index contributed by atoms with van der Waals surface area (Å²) >= 11 is 6.07. The van der Waals surface area contributed by atoms with Crippen molar-refractivity contribution in [2.24, 2.45) is 7.05 Å². The number of carboxylic acids is 1. The number of carbonyl (C=O) groups is 1. The van der Waals surface area contributed by atoms with Crippen LogP contribution in [0.4, 0.5) is 5.69 Å². The fourth-order valence-electron chi connectivity index (χ4n) is 2.01. The molecular weight excluding hydrogens is 278 g/mol. The standard InChI is InChI=1S/C14H16ClN3O2/c1-3-12-10(8-18(2)17-12)7-16-13-5-4-9(14(19)20)6-11(13)15/h4-6,8,16H,3,7H2,1-2H3,(H,19,20). The molecule has 1 aromatic carbocycles. The van der Waals surface area contributed by atoms with Gasteiger partial charge in [-0.25, -0.2) is 4.79 Å². The maximum absolute atomic E-state index is 10.8. The van der Waals surface area contributed by atoms with Crippen molar-refractivity contribution < 1.29 is 9.90 Å². The van der Waals surface area contributed by atoms with Crippen LogP contribution < -0.4 is 5.32 Å². The Kier molecular flexibility index (Phi) is 4.29. The monoisotopic (exact) mass is 293 g/mol. The minimum Gasteiger partial charge on any atom is -0.478 e. The van der Waals surface area contributed by atoms with E-state index in [2.05, 4.69) is 17.3 Å². The Morgan fingerprint density at radius 1 is 1.50 bits per heavy atom. The molecule has 2 aromatic rings. The molecular formula is C14H16ClN3O2. The number of halogens is 1. The molecule has 0 radical (unpaired) electrons. The maximum atomic E-state index is 10.8. The molecule has 0 aliphatic rings. The molecule has 0 atom stereocenters. The first-order valence-electron chi connectivity index (χ1n) is 6.29. The lowest BCUT2D eigenvalue weighted by Gasteiger charge is -2.08. The third-order valence-corrected chi connectivity index (χ3v) is 3.32. The van der Waals surface area contributed by atoms with E-state index < -0.39 is 5.97 Å². The van der Waals surface area contributed by atoms with Crippen LogP contribution in [-0.4, -0.2) is 20.9 Å². The highest BCUT2D eigenvalue weighted by atomic mass is 35.5. The first kappa shape index (κ1) is 14.4. The minimum absolute atomic E-state index is 0.177. The zero-order valence-electron chi connectivity index (χ0n) is 11.4. The number of aromatic nitrogens is 2. The number of aryl methyl sites for hydroxylation is 2. The molecule has 0 saturated carbocycles. The number of hydrogen-bond acceptors (Lipinski definition) is 3. The highest BCUT2D eigenvalue weighted by Crippen LogP contribution is 2.24.